The van der Waals surface area contributed by atoms with E-state index in [-0.39, 0.29) is 23.8 Å². The molecule has 4 aromatic rings. The van der Waals surface area contributed by atoms with E-state index in [1.165, 1.54) is 11.3 Å². The molecule has 0 aliphatic rings. The standard InChI is InChI=1S/C26H27N3O4S2/c1-4-33-21-10-13-23-24(16-21)34-26(28-23)29(17-20-7-5-6-14-27-20)25(30)15-19-8-11-22(12-9-19)35(31,32)18(2)3/h5-14,16,18H,4,15,17H2,1-3H3. The highest BCUT2D eigenvalue weighted by Gasteiger charge is 2.23. The quantitative estimate of drug-likeness (QED) is 0.314. The third-order valence-electron chi connectivity index (χ3n) is 5.47. The molecule has 0 saturated heterocycles. The van der Waals surface area contributed by atoms with E-state index >= 15 is 0 Å². The summed E-state index contributed by atoms with van der Waals surface area (Å²) in [7, 11) is -3.37. The summed E-state index contributed by atoms with van der Waals surface area (Å²) >= 11 is 1.42. The predicted molar refractivity (Wildman–Crippen MR) is 139 cm³/mol. The van der Waals surface area contributed by atoms with Crippen LogP contribution in [-0.4, -0.2) is 36.1 Å². The van der Waals surface area contributed by atoms with E-state index in [1.807, 2.05) is 43.3 Å². The number of sulfone groups is 1. The molecule has 0 bridgehead atoms. The fraction of sp³-hybridized carbons (Fsp3) is 0.269. The predicted octanol–water partition coefficient (Wildman–Crippen LogP) is 5.05. The van der Waals surface area contributed by atoms with Crippen molar-refractivity contribution in [2.24, 2.45) is 0 Å². The first-order valence-electron chi connectivity index (χ1n) is 11.3. The molecule has 2 aromatic carbocycles. The van der Waals surface area contributed by atoms with Crippen LogP contribution >= 0.6 is 11.3 Å². The highest BCUT2D eigenvalue weighted by atomic mass is 32.2. The minimum atomic E-state index is -3.37. The molecule has 0 atom stereocenters. The van der Waals surface area contributed by atoms with E-state index in [2.05, 4.69) is 4.98 Å². The van der Waals surface area contributed by atoms with Gasteiger partial charge in [-0.15, -0.1) is 0 Å². The monoisotopic (exact) mass is 509 g/mol. The Bertz CT molecular complexity index is 1420. The Kier molecular flexibility index (Phi) is 7.47. The second-order valence-corrected chi connectivity index (χ2v) is 11.8. The van der Waals surface area contributed by atoms with Crippen molar-refractivity contribution in [3.63, 3.8) is 0 Å². The lowest BCUT2D eigenvalue weighted by Gasteiger charge is -2.19. The van der Waals surface area contributed by atoms with Crippen LogP contribution in [0.1, 0.15) is 32.0 Å². The number of hydrogen-bond donors (Lipinski definition) is 0. The molecule has 0 spiro atoms. The molecule has 7 nitrogen and oxygen atoms in total. The number of pyridine rings is 1. The van der Waals surface area contributed by atoms with Crippen molar-refractivity contribution in [1.29, 1.82) is 0 Å². The highest BCUT2D eigenvalue weighted by Crippen LogP contribution is 2.32. The van der Waals surface area contributed by atoms with Crippen LogP contribution in [0.15, 0.2) is 71.8 Å². The van der Waals surface area contributed by atoms with Gasteiger partial charge in [0.1, 0.15) is 5.75 Å². The number of aromatic nitrogens is 2. The summed E-state index contributed by atoms with van der Waals surface area (Å²) in [6.07, 6.45) is 1.80. The van der Waals surface area contributed by atoms with Crippen molar-refractivity contribution in [1.82, 2.24) is 9.97 Å². The number of carbonyl (C=O) groups excluding carboxylic acids is 1. The molecule has 182 valence electrons. The first-order valence-corrected chi connectivity index (χ1v) is 13.7. The Hall–Kier alpha value is -3.30. The first kappa shape index (κ1) is 24.8. The largest absolute Gasteiger partial charge is 0.494 e. The summed E-state index contributed by atoms with van der Waals surface area (Å²) in [5, 5.41) is 0.0643. The topological polar surface area (TPSA) is 89.5 Å². The van der Waals surface area contributed by atoms with E-state index in [9.17, 15) is 13.2 Å². The second kappa shape index (κ2) is 10.5. The normalized spacial score (nSPS) is 11.7. The zero-order valence-electron chi connectivity index (χ0n) is 19.8. The lowest BCUT2D eigenvalue weighted by molar-refractivity contribution is -0.118. The van der Waals surface area contributed by atoms with Crippen molar-refractivity contribution in [2.75, 3.05) is 11.5 Å². The number of rotatable bonds is 9. The number of carbonyl (C=O) groups is 1. The molecule has 0 aliphatic heterocycles. The van der Waals surface area contributed by atoms with Crippen molar-refractivity contribution >= 4 is 42.4 Å². The fourth-order valence-electron chi connectivity index (χ4n) is 3.52. The minimum Gasteiger partial charge on any atom is -0.494 e. The maximum Gasteiger partial charge on any atom is 0.233 e. The number of thiazole rings is 1. The van der Waals surface area contributed by atoms with E-state index < -0.39 is 15.1 Å². The van der Waals surface area contributed by atoms with Gasteiger partial charge in [-0.1, -0.05) is 29.5 Å². The smallest absolute Gasteiger partial charge is 0.233 e. The molecular weight excluding hydrogens is 482 g/mol. The number of hydrogen-bond acceptors (Lipinski definition) is 7. The Morgan fingerprint density at radius 3 is 2.51 bits per heavy atom. The van der Waals surface area contributed by atoms with Gasteiger partial charge in [-0.05, 0) is 68.8 Å². The zero-order valence-corrected chi connectivity index (χ0v) is 21.5. The molecule has 0 unspecified atom stereocenters. The summed E-state index contributed by atoms with van der Waals surface area (Å²) in [4.78, 5) is 24.4. The zero-order chi connectivity index (χ0) is 25.0. The van der Waals surface area contributed by atoms with Gasteiger partial charge in [0.15, 0.2) is 15.0 Å². The highest BCUT2D eigenvalue weighted by molar-refractivity contribution is 7.92. The van der Waals surface area contributed by atoms with Gasteiger partial charge in [-0.3, -0.25) is 14.7 Å². The van der Waals surface area contributed by atoms with E-state index in [0.29, 0.717) is 11.7 Å². The average Bonchev–Trinajstić information content (AvgIpc) is 3.26. The molecule has 0 fully saturated rings. The van der Waals surface area contributed by atoms with Crippen molar-refractivity contribution in [3.8, 4) is 5.75 Å². The molecule has 0 N–H and O–H groups in total. The van der Waals surface area contributed by atoms with Crippen LogP contribution in [0.2, 0.25) is 0 Å². The van der Waals surface area contributed by atoms with Crippen LogP contribution in [0.5, 0.6) is 5.75 Å². The van der Waals surface area contributed by atoms with Crippen molar-refractivity contribution < 1.29 is 17.9 Å². The van der Waals surface area contributed by atoms with Crippen molar-refractivity contribution in [3.05, 3.63) is 78.1 Å². The van der Waals surface area contributed by atoms with Gasteiger partial charge in [-0.25, -0.2) is 13.4 Å². The van der Waals surface area contributed by atoms with Crippen LogP contribution in [0.3, 0.4) is 0 Å². The Morgan fingerprint density at radius 1 is 1.09 bits per heavy atom. The molecule has 4 rings (SSSR count). The Morgan fingerprint density at radius 2 is 1.86 bits per heavy atom. The first-order chi connectivity index (χ1) is 16.8. The van der Waals surface area contributed by atoms with Crippen LogP contribution < -0.4 is 9.64 Å². The van der Waals surface area contributed by atoms with Gasteiger partial charge in [0.25, 0.3) is 0 Å². The maximum absolute atomic E-state index is 13.5. The Balaban J connectivity index is 1.63. The molecule has 2 aromatic heterocycles. The molecule has 35 heavy (non-hydrogen) atoms. The minimum absolute atomic E-state index is 0.106. The Labute approximate surface area is 209 Å². The van der Waals surface area contributed by atoms with E-state index in [0.717, 1.165) is 27.2 Å². The number of fused-ring (bicyclic) bond motifs is 1. The number of amides is 1. The van der Waals surface area contributed by atoms with Gasteiger partial charge >= 0.3 is 0 Å². The van der Waals surface area contributed by atoms with Crippen LogP contribution in [0.25, 0.3) is 10.2 Å². The van der Waals surface area contributed by atoms with Gasteiger partial charge in [0, 0.05) is 6.20 Å². The van der Waals surface area contributed by atoms with E-state index in [1.54, 1.807) is 49.2 Å². The number of anilines is 1. The molecule has 9 heteroatoms. The van der Waals surface area contributed by atoms with Gasteiger partial charge in [0.2, 0.25) is 5.91 Å². The van der Waals surface area contributed by atoms with Crippen LogP contribution in [-0.2, 0) is 27.6 Å². The summed E-state index contributed by atoms with van der Waals surface area (Å²) in [5.74, 6) is 0.605. The lowest BCUT2D eigenvalue weighted by Crippen LogP contribution is -2.32. The molecule has 0 aliphatic carbocycles. The number of benzene rings is 2. The average molecular weight is 510 g/mol. The second-order valence-electron chi connectivity index (χ2n) is 8.27. The number of ether oxygens (including phenoxy) is 1. The molecule has 2 heterocycles. The van der Waals surface area contributed by atoms with Crippen LogP contribution in [0, 0.1) is 0 Å². The SMILES string of the molecule is CCOc1ccc2nc(N(Cc3ccccn3)C(=O)Cc3ccc(S(=O)(=O)C(C)C)cc3)sc2c1. The summed E-state index contributed by atoms with van der Waals surface area (Å²) in [6.45, 7) is 6.08. The maximum atomic E-state index is 13.5. The van der Waals surface area contributed by atoms with E-state index in [4.69, 9.17) is 9.72 Å². The summed E-state index contributed by atoms with van der Waals surface area (Å²) in [6, 6.07) is 17.8. The van der Waals surface area contributed by atoms with Gasteiger partial charge in [0.05, 0.1) is 45.6 Å². The third-order valence-corrected chi connectivity index (χ3v) is 8.68. The molecule has 1 amide bonds. The molecule has 0 radical (unpaired) electrons. The van der Waals surface area contributed by atoms with Gasteiger partial charge < -0.3 is 4.74 Å². The molecule has 0 saturated carbocycles. The summed E-state index contributed by atoms with van der Waals surface area (Å²) in [5.41, 5.74) is 2.26. The number of nitrogens with zero attached hydrogens (tertiary/aromatic N) is 3. The van der Waals surface area contributed by atoms with Gasteiger partial charge in [-0.2, -0.15) is 0 Å². The van der Waals surface area contributed by atoms with Crippen LogP contribution in [0.4, 0.5) is 5.13 Å². The molecular formula is C26H27N3O4S2. The third kappa shape index (κ3) is 5.68. The fourth-order valence-corrected chi connectivity index (χ4v) is 5.59. The lowest BCUT2D eigenvalue weighted by atomic mass is 10.1. The van der Waals surface area contributed by atoms with Crippen molar-refractivity contribution in [2.45, 2.75) is 43.9 Å². The summed E-state index contributed by atoms with van der Waals surface area (Å²) < 4.78 is 31.4.